The second-order valence-corrected chi connectivity index (χ2v) is 2.90. The van der Waals surface area contributed by atoms with E-state index in [0.29, 0.717) is 5.56 Å². The molecule has 3 heteroatoms. The van der Waals surface area contributed by atoms with E-state index in [1.54, 1.807) is 31.6 Å². The Hall–Kier alpha value is -1.64. The molecule has 1 heterocycles. The first-order valence-electron chi connectivity index (χ1n) is 4.02. The average Bonchev–Trinajstić information content (AvgIpc) is 2.62. The third kappa shape index (κ3) is 1.45. The lowest BCUT2D eigenvalue weighted by molar-refractivity contribution is 0.618. The minimum Gasteiger partial charge on any atom is -0.306 e. The molecule has 0 amide bonds. The van der Waals surface area contributed by atoms with Crippen molar-refractivity contribution in [1.82, 2.24) is 9.55 Å². The maximum atomic E-state index is 12.9. The fourth-order valence-electron chi connectivity index (χ4n) is 1.20. The molecule has 1 aromatic heterocycles. The third-order valence-electron chi connectivity index (χ3n) is 1.94. The van der Waals surface area contributed by atoms with E-state index in [-0.39, 0.29) is 5.82 Å². The monoisotopic (exact) mass is 176 g/mol. The second kappa shape index (κ2) is 3.01. The van der Waals surface area contributed by atoms with E-state index in [1.165, 1.54) is 6.07 Å². The summed E-state index contributed by atoms with van der Waals surface area (Å²) < 4.78 is 14.8. The molecule has 0 N–H and O–H groups in total. The van der Waals surface area contributed by atoms with Crippen LogP contribution in [-0.2, 0) is 0 Å². The maximum absolute atomic E-state index is 12.9. The highest BCUT2D eigenvalue weighted by molar-refractivity contribution is 5.35. The molecular formula is C10H9FN2. The van der Waals surface area contributed by atoms with Crippen LogP contribution < -0.4 is 0 Å². The molecule has 0 unspecified atom stereocenters. The van der Waals surface area contributed by atoms with Crippen LogP contribution in [0.3, 0.4) is 0 Å². The van der Waals surface area contributed by atoms with E-state index in [4.69, 9.17) is 0 Å². The van der Waals surface area contributed by atoms with Crippen LogP contribution in [0.15, 0.2) is 36.9 Å². The Labute approximate surface area is 75.7 Å². The van der Waals surface area contributed by atoms with Crippen LogP contribution in [0, 0.1) is 12.7 Å². The molecule has 2 nitrogen and oxygen atoms in total. The highest BCUT2D eigenvalue weighted by Crippen LogP contribution is 2.12. The first-order valence-corrected chi connectivity index (χ1v) is 4.02. The number of benzene rings is 1. The molecule has 0 saturated carbocycles. The minimum atomic E-state index is -0.177. The quantitative estimate of drug-likeness (QED) is 0.652. The summed E-state index contributed by atoms with van der Waals surface area (Å²) in [7, 11) is 0. The van der Waals surface area contributed by atoms with Crippen molar-refractivity contribution < 1.29 is 4.39 Å². The van der Waals surface area contributed by atoms with Crippen molar-refractivity contribution in [1.29, 1.82) is 0 Å². The van der Waals surface area contributed by atoms with E-state index >= 15 is 0 Å². The Morgan fingerprint density at radius 3 is 2.85 bits per heavy atom. The molecular weight excluding hydrogens is 167 g/mol. The molecule has 13 heavy (non-hydrogen) atoms. The number of halogens is 1. The van der Waals surface area contributed by atoms with Crippen molar-refractivity contribution in [2.45, 2.75) is 6.92 Å². The second-order valence-electron chi connectivity index (χ2n) is 2.90. The molecule has 2 rings (SSSR count). The van der Waals surface area contributed by atoms with Gasteiger partial charge in [-0.3, -0.25) is 0 Å². The molecule has 0 aliphatic heterocycles. The van der Waals surface area contributed by atoms with Gasteiger partial charge in [-0.25, -0.2) is 9.37 Å². The number of hydrogen-bond acceptors (Lipinski definition) is 1. The topological polar surface area (TPSA) is 17.8 Å². The first kappa shape index (κ1) is 7.98. The third-order valence-corrected chi connectivity index (χ3v) is 1.94. The summed E-state index contributed by atoms with van der Waals surface area (Å²) in [6.07, 6.45) is 5.21. The van der Waals surface area contributed by atoms with Crippen molar-refractivity contribution in [3.8, 4) is 5.69 Å². The van der Waals surface area contributed by atoms with Gasteiger partial charge in [-0.15, -0.1) is 0 Å². The summed E-state index contributed by atoms with van der Waals surface area (Å²) in [5, 5.41) is 0. The molecule has 0 aliphatic rings. The zero-order valence-electron chi connectivity index (χ0n) is 7.24. The van der Waals surface area contributed by atoms with Crippen molar-refractivity contribution in [3.63, 3.8) is 0 Å². The van der Waals surface area contributed by atoms with Crippen LogP contribution in [0.25, 0.3) is 5.69 Å². The van der Waals surface area contributed by atoms with Crippen LogP contribution in [-0.4, -0.2) is 9.55 Å². The Morgan fingerprint density at radius 2 is 2.23 bits per heavy atom. The van der Waals surface area contributed by atoms with Crippen LogP contribution >= 0.6 is 0 Å². The first-order chi connectivity index (χ1) is 6.27. The van der Waals surface area contributed by atoms with E-state index in [1.807, 2.05) is 10.8 Å². The summed E-state index contributed by atoms with van der Waals surface area (Å²) in [6, 6.07) is 4.98. The van der Waals surface area contributed by atoms with Crippen molar-refractivity contribution in [2.24, 2.45) is 0 Å². The normalized spacial score (nSPS) is 10.3. The molecule has 1 aromatic carbocycles. The van der Waals surface area contributed by atoms with Crippen molar-refractivity contribution in [2.75, 3.05) is 0 Å². The highest BCUT2D eigenvalue weighted by atomic mass is 19.1. The number of imidazole rings is 1. The lowest BCUT2D eigenvalue weighted by atomic mass is 10.2. The van der Waals surface area contributed by atoms with Crippen LogP contribution in [0.2, 0.25) is 0 Å². The lowest BCUT2D eigenvalue weighted by Crippen LogP contribution is -1.91. The van der Waals surface area contributed by atoms with Gasteiger partial charge in [0.25, 0.3) is 0 Å². The maximum Gasteiger partial charge on any atom is 0.126 e. The van der Waals surface area contributed by atoms with Gasteiger partial charge in [0.1, 0.15) is 5.82 Å². The van der Waals surface area contributed by atoms with Gasteiger partial charge in [0.2, 0.25) is 0 Å². The zero-order valence-corrected chi connectivity index (χ0v) is 7.24. The van der Waals surface area contributed by atoms with Gasteiger partial charge < -0.3 is 4.57 Å². The summed E-state index contributed by atoms with van der Waals surface area (Å²) in [6.45, 7) is 1.75. The standard InChI is InChI=1S/C10H9FN2/c1-8-6-9(2-3-10(8)11)13-5-4-12-7-13/h2-7H,1H3. The number of hydrogen-bond donors (Lipinski definition) is 0. The van der Waals surface area contributed by atoms with Crippen LogP contribution in [0.1, 0.15) is 5.56 Å². The number of aryl methyl sites for hydroxylation is 1. The van der Waals surface area contributed by atoms with E-state index < -0.39 is 0 Å². The lowest BCUT2D eigenvalue weighted by Gasteiger charge is -2.03. The molecule has 0 fully saturated rings. The number of aromatic nitrogens is 2. The van der Waals surface area contributed by atoms with Gasteiger partial charge in [-0.05, 0) is 30.7 Å². The smallest absolute Gasteiger partial charge is 0.126 e. The summed E-state index contributed by atoms with van der Waals surface area (Å²) in [5.41, 5.74) is 1.57. The van der Waals surface area contributed by atoms with Gasteiger partial charge in [0, 0.05) is 18.1 Å². The van der Waals surface area contributed by atoms with Crippen molar-refractivity contribution >= 4 is 0 Å². The Bertz CT molecular complexity index is 407. The molecule has 0 radical (unpaired) electrons. The zero-order chi connectivity index (χ0) is 9.26. The molecule has 0 aliphatic carbocycles. The predicted octanol–water partition coefficient (Wildman–Crippen LogP) is 2.32. The largest absolute Gasteiger partial charge is 0.306 e. The minimum absolute atomic E-state index is 0.177. The fourth-order valence-corrected chi connectivity index (χ4v) is 1.20. The Morgan fingerprint density at radius 1 is 1.38 bits per heavy atom. The molecule has 66 valence electrons. The van der Waals surface area contributed by atoms with E-state index in [0.717, 1.165) is 5.69 Å². The van der Waals surface area contributed by atoms with Gasteiger partial charge in [-0.1, -0.05) is 0 Å². The van der Waals surface area contributed by atoms with Crippen LogP contribution in [0.5, 0.6) is 0 Å². The van der Waals surface area contributed by atoms with E-state index in [2.05, 4.69) is 4.98 Å². The summed E-state index contributed by atoms with van der Waals surface area (Å²) in [4.78, 5) is 3.92. The van der Waals surface area contributed by atoms with Crippen molar-refractivity contribution in [3.05, 3.63) is 48.3 Å². The molecule has 2 aromatic rings. The summed E-state index contributed by atoms with van der Waals surface area (Å²) >= 11 is 0. The predicted molar refractivity (Wildman–Crippen MR) is 48.3 cm³/mol. The molecule has 0 bridgehead atoms. The molecule has 0 saturated heterocycles. The van der Waals surface area contributed by atoms with Gasteiger partial charge >= 0.3 is 0 Å². The number of nitrogens with zero attached hydrogens (tertiary/aromatic N) is 2. The average molecular weight is 176 g/mol. The Kier molecular flexibility index (Phi) is 1.85. The van der Waals surface area contributed by atoms with Gasteiger partial charge in [0.15, 0.2) is 0 Å². The van der Waals surface area contributed by atoms with Gasteiger partial charge in [-0.2, -0.15) is 0 Å². The number of rotatable bonds is 1. The summed E-state index contributed by atoms with van der Waals surface area (Å²) in [5.74, 6) is -0.177. The fraction of sp³-hybridized carbons (Fsp3) is 0.100. The SMILES string of the molecule is Cc1cc(-n2ccnc2)ccc1F. The van der Waals surface area contributed by atoms with E-state index in [9.17, 15) is 4.39 Å². The van der Waals surface area contributed by atoms with Gasteiger partial charge in [0.05, 0.1) is 6.33 Å². The Balaban J connectivity index is 2.49. The molecule has 0 atom stereocenters. The molecule has 0 spiro atoms. The van der Waals surface area contributed by atoms with Crippen LogP contribution in [0.4, 0.5) is 4.39 Å². The highest BCUT2D eigenvalue weighted by Gasteiger charge is 1.99.